The van der Waals surface area contributed by atoms with Crippen LogP contribution in [0.4, 0.5) is 5.69 Å². The number of aliphatic hydroxyl groups is 1. The molecule has 1 unspecified atom stereocenters. The Morgan fingerprint density at radius 2 is 1.93 bits per heavy atom. The van der Waals surface area contributed by atoms with Gasteiger partial charge < -0.3 is 20.3 Å². The maximum absolute atomic E-state index is 12.4. The fourth-order valence-corrected chi connectivity index (χ4v) is 3.44. The molecule has 27 heavy (non-hydrogen) atoms. The van der Waals surface area contributed by atoms with E-state index in [9.17, 15) is 19.8 Å². The van der Waals surface area contributed by atoms with Crippen molar-refractivity contribution in [3.8, 4) is 16.9 Å². The van der Waals surface area contributed by atoms with E-state index in [0.29, 0.717) is 16.5 Å². The summed E-state index contributed by atoms with van der Waals surface area (Å²) in [7, 11) is 1.57. The number of carboxylic acids is 1. The largest absolute Gasteiger partial charge is 0.496 e. The third-order valence-electron chi connectivity index (χ3n) is 4.45. The lowest BCUT2D eigenvalue weighted by atomic mass is 10.0. The average Bonchev–Trinajstić information content (AvgIpc) is 3.04. The summed E-state index contributed by atoms with van der Waals surface area (Å²) in [6, 6.07) is 12.5. The quantitative estimate of drug-likeness (QED) is 0.729. The molecule has 0 saturated carbocycles. The fourth-order valence-electron chi connectivity index (χ4n) is 3.15. The molecular formula is C20H18ClNO5. The number of aliphatic carboxylic acids is 1. The maximum Gasteiger partial charge on any atom is 0.334 e. The van der Waals surface area contributed by atoms with E-state index >= 15 is 0 Å². The Morgan fingerprint density at radius 3 is 2.59 bits per heavy atom. The molecule has 1 atom stereocenters. The van der Waals surface area contributed by atoms with Crippen LogP contribution in [0.5, 0.6) is 5.75 Å². The summed E-state index contributed by atoms with van der Waals surface area (Å²) in [5.74, 6) is -1.16. The fraction of sp³-hybridized carbons (Fsp3) is 0.200. The van der Waals surface area contributed by atoms with Crippen LogP contribution in [0, 0.1) is 0 Å². The third kappa shape index (κ3) is 3.82. The van der Waals surface area contributed by atoms with Crippen molar-refractivity contribution in [2.45, 2.75) is 18.9 Å². The van der Waals surface area contributed by atoms with E-state index in [0.717, 1.165) is 11.1 Å². The van der Waals surface area contributed by atoms with Gasteiger partial charge in [0, 0.05) is 22.4 Å². The Balaban J connectivity index is 1.87. The second kappa shape index (κ2) is 7.82. The number of methoxy groups -OCH3 is 1. The number of nitrogens with one attached hydrogen (secondary N) is 1. The smallest absolute Gasteiger partial charge is 0.334 e. The molecular weight excluding hydrogens is 370 g/mol. The van der Waals surface area contributed by atoms with E-state index in [2.05, 4.69) is 5.32 Å². The third-order valence-corrected chi connectivity index (χ3v) is 4.77. The zero-order valence-electron chi connectivity index (χ0n) is 14.5. The van der Waals surface area contributed by atoms with E-state index in [4.69, 9.17) is 16.3 Å². The van der Waals surface area contributed by atoms with Crippen LogP contribution in [0.2, 0.25) is 5.02 Å². The van der Waals surface area contributed by atoms with Crippen LogP contribution in [0.25, 0.3) is 11.1 Å². The van der Waals surface area contributed by atoms with Gasteiger partial charge in [0.05, 0.1) is 23.8 Å². The van der Waals surface area contributed by atoms with Crippen LogP contribution in [0.1, 0.15) is 12.8 Å². The molecule has 3 rings (SSSR count). The lowest BCUT2D eigenvalue weighted by Gasteiger charge is -2.12. The van der Waals surface area contributed by atoms with E-state index in [1.165, 1.54) is 0 Å². The topological polar surface area (TPSA) is 95.9 Å². The number of para-hydroxylation sites is 1. The van der Waals surface area contributed by atoms with Gasteiger partial charge in [0.2, 0.25) is 0 Å². The number of amides is 1. The van der Waals surface area contributed by atoms with Gasteiger partial charge in [0.1, 0.15) is 5.75 Å². The van der Waals surface area contributed by atoms with Crippen LogP contribution in [0.3, 0.4) is 0 Å². The summed E-state index contributed by atoms with van der Waals surface area (Å²) in [4.78, 5) is 23.7. The molecule has 0 spiro atoms. The molecule has 1 aliphatic carbocycles. The van der Waals surface area contributed by atoms with Crippen molar-refractivity contribution >= 4 is 29.2 Å². The molecule has 0 heterocycles. The van der Waals surface area contributed by atoms with Gasteiger partial charge in [0.15, 0.2) is 0 Å². The number of hydrogen-bond acceptors (Lipinski definition) is 4. The minimum atomic E-state index is -1.28. The summed E-state index contributed by atoms with van der Waals surface area (Å²) in [6.45, 7) is 0. The monoisotopic (exact) mass is 387 g/mol. The molecule has 1 aliphatic rings. The number of carbonyl (C=O) groups excluding carboxylic acids is 1. The molecule has 2 aromatic carbocycles. The molecule has 7 heteroatoms. The Kier molecular flexibility index (Phi) is 5.48. The van der Waals surface area contributed by atoms with Gasteiger partial charge in [-0.3, -0.25) is 4.79 Å². The number of halogens is 1. The number of rotatable bonds is 5. The zero-order valence-corrected chi connectivity index (χ0v) is 15.3. The molecule has 2 aromatic rings. The van der Waals surface area contributed by atoms with Gasteiger partial charge in [-0.15, -0.1) is 0 Å². The van der Waals surface area contributed by atoms with Crippen LogP contribution in [0.15, 0.2) is 53.6 Å². The molecule has 0 bridgehead atoms. The summed E-state index contributed by atoms with van der Waals surface area (Å²) < 4.78 is 5.35. The van der Waals surface area contributed by atoms with Crippen LogP contribution in [-0.4, -0.2) is 35.3 Å². The molecule has 0 radical (unpaired) electrons. The van der Waals surface area contributed by atoms with E-state index in [-0.39, 0.29) is 24.0 Å². The number of anilines is 1. The van der Waals surface area contributed by atoms with Gasteiger partial charge in [-0.2, -0.15) is 0 Å². The highest BCUT2D eigenvalue weighted by molar-refractivity contribution is 6.33. The molecule has 6 nitrogen and oxygen atoms in total. The highest BCUT2D eigenvalue weighted by atomic mass is 35.5. The van der Waals surface area contributed by atoms with Crippen LogP contribution < -0.4 is 10.1 Å². The van der Waals surface area contributed by atoms with Crippen molar-refractivity contribution in [3.05, 3.63) is 58.6 Å². The predicted molar refractivity (Wildman–Crippen MR) is 102 cm³/mol. The number of carbonyl (C=O) groups is 2. The van der Waals surface area contributed by atoms with Gasteiger partial charge in [0.25, 0.3) is 5.91 Å². The van der Waals surface area contributed by atoms with E-state index in [1.54, 1.807) is 25.3 Å². The molecule has 0 fully saturated rings. The van der Waals surface area contributed by atoms with E-state index < -0.39 is 18.0 Å². The first-order valence-corrected chi connectivity index (χ1v) is 8.69. The van der Waals surface area contributed by atoms with Gasteiger partial charge in [-0.1, -0.05) is 35.9 Å². The number of aliphatic hydroxyl groups excluding tert-OH is 1. The number of ether oxygens (including phenoxy) is 1. The minimum absolute atomic E-state index is 0.0833. The molecule has 140 valence electrons. The molecule has 1 amide bonds. The van der Waals surface area contributed by atoms with Gasteiger partial charge >= 0.3 is 5.97 Å². The van der Waals surface area contributed by atoms with Gasteiger partial charge in [-0.25, -0.2) is 4.79 Å². The molecule has 0 aromatic heterocycles. The highest BCUT2D eigenvalue weighted by Crippen LogP contribution is 2.36. The van der Waals surface area contributed by atoms with Gasteiger partial charge in [-0.05, 0) is 31.0 Å². The summed E-state index contributed by atoms with van der Waals surface area (Å²) in [5.41, 5.74) is 1.83. The predicted octanol–water partition coefficient (Wildman–Crippen LogP) is 3.49. The second-order valence-corrected chi connectivity index (χ2v) is 6.51. The Labute approximate surface area is 161 Å². The zero-order chi connectivity index (χ0) is 19.6. The Hall–Kier alpha value is -2.83. The SMILES string of the molecule is COc1ccccc1-c1ccc(NC(=O)C2=C(C(=O)O)C(O)CC2)cc1Cl. The summed E-state index contributed by atoms with van der Waals surface area (Å²) in [6.07, 6.45) is -0.695. The van der Waals surface area contributed by atoms with E-state index in [1.807, 2.05) is 24.3 Å². The van der Waals surface area contributed by atoms with Crippen molar-refractivity contribution in [3.63, 3.8) is 0 Å². The van der Waals surface area contributed by atoms with Crippen molar-refractivity contribution in [2.75, 3.05) is 12.4 Å². The van der Waals surface area contributed by atoms with Crippen molar-refractivity contribution < 1.29 is 24.5 Å². The van der Waals surface area contributed by atoms with Crippen LogP contribution >= 0.6 is 11.6 Å². The Bertz CT molecular complexity index is 938. The Morgan fingerprint density at radius 1 is 1.19 bits per heavy atom. The molecule has 0 saturated heterocycles. The molecule has 3 N–H and O–H groups in total. The summed E-state index contributed by atoms with van der Waals surface area (Å²) in [5, 5.41) is 22.0. The first kappa shape index (κ1) is 18.9. The lowest BCUT2D eigenvalue weighted by molar-refractivity contribution is -0.134. The lowest BCUT2D eigenvalue weighted by Crippen LogP contribution is -2.19. The number of hydrogen-bond donors (Lipinski definition) is 3. The van der Waals surface area contributed by atoms with Crippen molar-refractivity contribution in [1.29, 1.82) is 0 Å². The standard InChI is InChI=1S/C20H18ClNO5/c1-27-17-5-3-2-4-13(17)12-7-6-11(10-15(12)21)22-19(24)14-8-9-16(23)18(14)20(25)26/h2-7,10,16,23H,8-9H2,1H3,(H,22,24)(H,25,26). The number of carboxylic acid groups (broad SMARTS) is 1. The normalized spacial score (nSPS) is 16.3. The minimum Gasteiger partial charge on any atom is -0.496 e. The van der Waals surface area contributed by atoms with Crippen molar-refractivity contribution in [2.24, 2.45) is 0 Å². The van der Waals surface area contributed by atoms with Crippen molar-refractivity contribution in [1.82, 2.24) is 0 Å². The summed E-state index contributed by atoms with van der Waals surface area (Å²) >= 11 is 6.39. The average molecular weight is 388 g/mol. The molecule has 0 aliphatic heterocycles. The first-order chi connectivity index (χ1) is 12.9. The maximum atomic E-state index is 12.4. The first-order valence-electron chi connectivity index (χ1n) is 8.31. The second-order valence-electron chi connectivity index (χ2n) is 6.10. The number of benzene rings is 2. The highest BCUT2D eigenvalue weighted by Gasteiger charge is 2.32. The van der Waals surface area contributed by atoms with Crippen LogP contribution in [-0.2, 0) is 9.59 Å².